The molecule has 1 unspecified atom stereocenters. The molecule has 2 fully saturated rings. The number of carbonyl (C=O) groups is 2. The normalized spacial score (nSPS) is 20.1. The first kappa shape index (κ1) is 21.8. The second-order valence-electron chi connectivity index (χ2n) is 8.34. The van der Waals surface area contributed by atoms with E-state index >= 15 is 0 Å². The molecule has 2 aliphatic rings. The van der Waals surface area contributed by atoms with Crippen LogP contribution in [0.4, 0.5) is 0 Å². The predicted molar refractivity (Wildman–Crippen MR) is 114 cm³/mol. The number of likely N-dealkylation sites (tertiary alicyclic amines) is 2. The molecular weight excluding hydrogens is 366 g/mol. The Bertz CT molecular complexity index is 688. The SMILES string of the molecule is COCC(=O)N(CCCN1CCCC1)C1CCCN(C(=O)c2cccc(C)c2)C1. The van der Waals surface area contributed by atoms with Crippen molar-refractivity contribution in [3.05, 3.63) is 35.4 Å². The summed E-state index contributed by atoms with van der Waals surface area (Å²) < 4.78 is 5.13. The lowest BCUT2D eigenvalue weighted by Gasteiger charge is -2.39. The molecule has 0 radical (unpaired) electrons. The van der Waals surface area contributed by atoms with Crippen molar-refractivity contribution in [1.82, 2.24) is 14.7 Å². The van der Waals surface area contributed by atoms with Gasteiger partial charge >= 0.3 is 0 Å². The summed E-state index contributed by atoms with van der Waals surface area (Å²) in [4.78, 5) is 32.1. The van der Waals surface area contributed by atoms with E-state index in [9.17, 15) is 9.59 Å². The second-order valence-corrected chi connectivity index (χ2v) is 8.34. The van der Waals surface area contributed by atoms with Gasteiger partial charge in [0.1, 0.15) is 6.61 Å². The standard InChI is InChI=1S/C23H35N3O3/c1-19-8-5-9-20(16-19)23(28)25-14-6-10-21(17-25)26(22(27)18-29-2)15-7-13-24-11-3-4-12-24/h5,8-9,16,21H,3-4,6-7,10-15,17-18H2,1-2H3. The van der Waals surface area contributed by atoms with E-state index in [-0.39, 0.29) is 24.5 Å². The van der Waals surface area contributed by atoms with Crippen LogP contribution >= 0.6 is 0 Å². The first-order valence-electron chi connectivity index (χ1n) is 10.9. The van der Waals surface area contributed by atoms with E-state index in [4.69, 9.17) is 4.74 Å². The van der Waals surface area contributed by atoms with Gasteiger partial charge < -0.3 is 19.4 Å². The first-order chi connectivity index (χ1) is 14.1. The molecule has 0 bridgehead atoms. The molecular formula is C23H35N3O3. The lowest BCUT2D eigenvalue weighted by molar-refractivity contribution is -0.138. The number of hydrogen-bond donors (Lipinski definition) is 0. The van der Waals surface area contributed by atoms with E-state index in [0.717, 1.165) is 50.0 Å². The molecule has 0 spiro atoms. The number of methoxy groups -OCH3 is 1. The highest BCUT2D eigenvalue weighted by Crippen LogP contribution is 2.20. The highest BCUT2D eigenvalue weighted by Gasteiger charge is 2.31. The number of ether oxygens (including phenoxy) is 1. The molecule has 2 amide bonds. The minimum atomic E-state index is 0.0313. The molecule has 0 N–H and O–H groups in total. The van der Waals surface area contributed by atoms with Crippen LogP contribution in [0.5, 0.6) is 0 Å². The molecule has 0 saturated carbocycles. The van der Waals surface area contributed by atoms with Gasteiger partial charge in [-0.05, 0) is 70.8 Å². The number of nitrogens with zero attached hydrogens (tertiary/aromatic N) is 3. The summed E-state index contributed by atoms with van der Waals surface area (Å²) in [5.41, 5.74) is 1.82. The number of amides is 2. The zero-order valence-corrected chi connectivity index (χ0v) is 17.9. The smallest absolute Gasteiger partial charge is 0.253 e. The Hall–Kier alpha value is -1.92. The molecule has 6 nitrogen and oxygen atoms in total. The van der Waals surface area contributed by atoms with Crippen LogP contribution < -0.4 is 0 Å². The summed E-state index contributed by atoms with van der Waals surface area (Å²) in [7, 11) is 1.56. The van der Waals surface area contributed by atoms with E-state index in [0.29, 0.717) is 6.54 Å². The maximum atomic E-state index is 13.0. The summed E-state index contributed by atoms with van der Waals surface area (Å²) in [6, 6.07) is 7.82. The maximum absolute atomic E-state index is 13.0. The predicted octanol–water partition coefficient (Wildman–Crippen LogP) is 2.56. The van der Waals surface area contributed by atoms with Crippen molar-refractivity contribution in [1.29, 1.82) is 0 Å². The average molecular weight is 402 g/mol. The van der Waals surface area contributed by atoms with Gasteiger partial charge in [-0.25, -0.2) is 0 Å². The fraction of sp³-hybridized carbons (Fsp3) is 0.652. The van der Waals surface area contributed by atoms with Crippen LogP contribution in [-0.2, 0) is 9.53 Å². The Morgan fingerprint density at radius 2 is 1.97 bits per heavy atom. The number of piperidine rings is 1. The van der Waals surface area contributed by atoms with Crippen molar-refractivity contribution in [2.75, 3.05) is 53.0 Å². The molecule has 2 heterocycles. The van der Waals surface area contributed by atoms with E-state index in [1.54, 1.807) is 7.11 Å². The zero-order valence-electron chi connectivity index (χ0n) is 17.9. The number of aryl methyl sites for hydroxylation is 1. The van der Waals surface area contributed by atoms with E-state index in [1.165, 1.54) is 25.9 Å². The molecule has 0 aromatic heterocycles. The molecule has 2 aliphatic heterocycles. The summed E-state index contributed by atoms with van der Waals surface area (Å²) in [5, 5.41) is 0. The van der Waals surface area contributed by atoms with Gasteiger partial charge in [0.15, 0.2) is 0 Å². The Kier molecular flexibility index (Phi) is 8.07. The van der Waals surface area contributed by atoms with E-state index in [2.05, 4.69) is 4.90 Å². The maximum Gasteiger partial charge on any atom is 0.253 e. The highest BCUT2D eigenvalue weighted by atomic mass is 16.5. The summed E-state index contributed by atoms with van der Waals surface area (Å²) in [6.07, 6.45) is 5.40. The fourth-order valence-electron chi connectivity index (χ4n) is 4.54. The number of hydrogen-bond acceptors (Lipinski definition) is 4. The van der Waals surface area contributed by atoms with E-state index < -0.39 is 0 Å². The molecule has 29 heavy (non-hydrogen) atoms. The van der Waals surface area contributed by atoms with Crippen LogP contribution in [0.2, 0.25) is 0 Å². The van der Waals surface area contributed by atoms with Crippen molar-refractivity contribution in [3.63, 3.8) is 0 Å². The van der Waals surface area contributed by atoms with Crippen molar-refractivity contribution >= 4 is 11.8 Å². The lowest BCUT2D eigenvalue weighted by Crippen LogP contribution is -2.53. The van der Waals surface area contributed by atoms with Gasteiger partial charge in [0, 0.05) is 38.3 Å². The largest absolute Gasteiger partial charge is 0.375 e. The summed E-state index contributed by atoms with van der Waals surface area (Å²) >= 11 is 0. The number of benzene rings is 1. The minimum absolute atomic E-state index is 0.0313. The quantitative estimate of drug-likeness (QED) is 0.672. The van der Waals surface area contributed by atoms with Crippen LogP contribution in [0, 0.1) is 6.92 Å². The van der Waals surface area contributed by atoms with Gasteiger partial charge in [-0.2, -0.15) is 0 Å². The topological polar surface area (TPSA) is 53.1 Å². The molecule has 0 aliphatic carbocycles. The zero-order chi connectivity index (χ0) is 20.6. The Morgan fingerprint density at radius 3 is 2.69 bits per heavy atom. The van der Waals surface area contributed by atoms with Crippen molar-refractivity contribution in [3.8, 4) is 0 Å². The van der Waals surface area contributed by atoms with Gasteiger partial charge in [-0.3, -0.25) is 9.59 Å². The fourth-order valence-corrected chi connectivity index (χ4v) is 4.54. The molecule has 1 atom stereocenters. The number of rotatable bonds is 8. The highest BCUT2D eigenvalue weighted by molar-refractivity contribution is 5.94. The molecule has 160 valence electrons. The van der Waals surface area contributed by atoms with E-state index in [1.807, 2.05) is 41.0 Å². The van der Waals surface area contributed by atoms with Crippen LogP contribution in [0.3, 0.4) is 0 Å². The molecule has 2 saturated heterocycles. The summed E-state index contributed by atoms with van der Waals surface area (Å²) in [5.74, 6) is 0.0957. The third-order valence-electron chi connectivity index (χ3n) is 6.05. The summed E-state index contributed by atoms with van der Waals surface area (Å²) in [6.45, 7) is 7.58. The second kappa shape index (κ2) is 10.7. The average Bonchev–Trinajstić information content (AvgIpc) is 3.24. The minimum Gasteiger partial charge on any atom is -0.375 e. The van der Waals surface area contributed by atoms with Crippen LogP contribution in [0.15, 0.2) is 24.3 Å². The van der Waals surface area contributed by atoms with Crippen molar-refractivity contribution < 1.29 is 14.3 Å². The van der Waals surface area contributed by atoms with Crippen LogP contribution in [0.25, 0.3) is 0 Å². The molecule has 6 heteroatoms. The van der Waals surface area contributed by atoms with Crippen molar-refractivity contribution in [2.45, 2.75) is 45.1 Å². The number of carbonyl (C=O) groups excluding carboxylic acids is 2. The third-order valence-corrected chi connectivity index (χ3v) is 6.05. The van der Waals surface area contributed by atoms with Gasteiger partial charge in [0.25, 0.3) is 5.91 Å². The Labute approximate surface area is 174 Å². The van der Waals surface area contributed by atoms with Crippen molar-refractivity contribution in [2.24, 2.45) is 0 Å². The molecule has 3 rings (SSSR count). The first-order valence-corrected chi connectivity index (χ1v) is 10.9. The lowest BCUT2D eigenvalue weighted by atomic mass is 10.0. The third kappa shape index (κ3) is 6.03. The molecule has 1 aromatic rings. The van der Waals surface area contributed by atoms with Gasteiger partial charge in [-0.15, -0.1) is 0 Å². The Morgan fingerprint density at radius 1 is 1.17 bits per heavy atom. The monoisotopic (exact) mass is 401 g/mol. The van der Waals surface area contributed by atoms with Gasteiger partial charge in [-0.1, -0.05) is 17.7 Å². The van der Waals surface area contributed by atoms with Gasteiger partial charge in [0.05, 0.1) is 0 Å². The molecule has 1 aromatic carbocycles. The van der Waals surface area contributed by atoms with Gasteiger partial charge in [0.2, 0.25) is 5.91 Å². The van der Waals surface area contributed by atoms with Crippen LogP contribution in [-0.4, -0.2) is 85.5 Å². The van der Waals surface area contributed by atoms with Crippen LogP contribution in [0.1, 0.15) is 48.0 Å². The Balaban J connectivity index is 1.62.